The number of rotatable bonds is 5. The fourth-order valence-electron chi connectivity index (χ4n) is 3.00. The third-order valence-electron chi connectivity index (χ3n) is 4.24. The van der Waals surface area contributed by atoms with Crippen LogP contribution in [0.3, 0.4) is 0 Å². The van der Waals surface area contributed by atoms with Crippen LogP contribution in [0, 0.1) is 0 Å². The smallest absolute Gasteiger partial charge is 0.116 e. The van der Waals surface area contributed by atoms with Crippen molar-refractivity contribution in [2.75, 3.05) is 20.6 Å². The molecule has 0 aliphatic heterocycles. The summed E-state index contributed by atoms with van der Waals surface area (Å²) < 4.78 is 0.881. The second-order valence-corrected chi connectivity index (χ2v) is 7.18. The van der Waals surface area contributed by atoms with Crippen LogP contribution >= 0.6 is 11.6 Å². The molecule has 120 valence electrons. The van der Waals surface area contributed by atoms with Crippen LogP contribution < -0.4 is 0 Å². The molecule has 2 N–H and O–H groups in total. The Hall–Kier alpha value is -1.97. The van der Waals surface area contributed by atoms with E-state index in [2.05, 4.69) is 25.1 Å². The van der Waals surface area contributed by atoms with E-state index in [1.807, 2.05) is 36.5 Å². The van der Waals surface area contributed by atoms with Crippen LogP contribution in [0.5, 0.6) is 5.75 Å². The van der Waals surface area contributed by atoms with Crippen LogP contribution in [0.1, 0.15) is 11.1 Å². The maximum absolute atomic E-state index is 9.69. The minimum absolute atomic E-state index is 0.311. The summed E-state index contributed by atoms with van der Waals surface area (Å²) in [6.07, 6.45) is 3.00. The number of hydrogen-bond acceptors (Lipinski definition) is 1. The van der Waals surface area contributed by atoms with Gasteiger partial charge >= 0.3 is 0 Å². The molecule has 0 spiro atoms. The first-order valence-corrected chi connectivity index (χ1v) is 8.16. The fraction of sp³-hybridized carbons (Fsp3) is 0.263. The largest absolute Gasteiger partial charge is 0.508 e. The number of H-pyrrole nitrogens is 1. The minimum atomic E-state index is 0.311. The third kappa shape index (κ3) is 3.87. The number of hydrogen-bond donors (Lipinski definition) is 2. The van der Waals surface area contributed by atoms with E-state index in [0.717, 1.165) is 39.9 Å². The Morgan fingerprint density at radius 3 is 2.74 bits per heavy atom. The molecule has 3 nitrogen and oxygen atoms in total. The maximum atomic E-state index is 9.69. The summed E-state index contributed by atoms with van der Waals surface area (Å²) in [6, 6.07) is 13.5. The maximum Gasteiger partial charge on any atom is 0.116 e. The van der Waals surface area contributed by atoms with Crippen molar-refractivity contribution in [2.24, 2.45) is 0 Å². The van der Waals surface area contributed by atoms with Crippen LogP contribution in [0.4, 0.5) is 0 Å². The number of aromatic amines is 1. The van der Waals surface area contributed by atoms with Crippen molar-refractivity contribution >= 4 is 22.5 Å². The van der Waals surface area contributed by atoms with Crippen molar-refractivity contribution < 1.29 is 9.59 Å². The predicted octanol–water partition coefficient (Wildman–Crippen LogP) is 4.35. The van der Waals surface area contributed by atoms with Gasteiger partial charge in [-0.1, -0.05) is 23.7 Å². The van der Waals surface area contributed by atoms with Crippen LogP contribution in [-0.2, 0) is 13.0 Å². The number of halogens is 1. The first kappa shape index (κ1) is 15.9. The van der Waals surface area contributed by atoms with Gasteiger partial charge in [0.15, 0.2) is 0 Å². The quantitative estimate of drug-likeness (QED) is 0.671. The number of phenolic OH excluding ortho intramolecular Hbond substituents is 1. The molecule has 0 aliphatic carbocycles. The number of phenols is 1. The Kier molecular flexibility index (Phi) is 4.33. The van der Waals surface area contributed by atoms with Gasteiger partial charge in [0, 0.05) is 34.1 Å². The lowest BCUT2D eigenvalue weighted by Crippen LogP contribution is -2.40. The number of nitrogens with zero attached hydrogens (tertiary/aromatic N) is 1. The van der Waals surface area contributed by atoms with Gasteiger partial charge in [-0.25, -0.2) is 0 Å². The second-order valence-electron chi connectivity index (χ2n) is 6.74. The van der Waals surface area contributed by atoms with Crippen molar-refractivity contribution in [3.8, 4) is 5.75 Å². The highest BCUT2D eigenvalue weighted by atomic mass is 35.5. The van der Waals surface area contributed by atoms with Gasteiger partial charge in [-0.3, -0.25) is 0 Å². The van der Waals surface area contributed by atoms with Gasteiger partial charge in [-0.05, 0) is 35.9 Å². The molecule has 0 saturated heterocycles. The third-order valence-corrected chi connectivity index (χ3v) is 4.47. The van der Waals surface area contributed by atoms with E-state index >= 15 is 0 Å². The highest BCUT2D eigenvalue weighted by Gasteiger charge is 2.17. The Morgan fingerprint density at radius 1 is 1.13 bits per heavy atom. The summed E-state index contributed by atoms with van der Waals surface area (Å²) in [5.41, 5.74) is 3.56. The number of aromatic hydroxyl groups is 1. The molecule has 0 saturated carbocycles. The van der Waals surface area contributed by atoms with Crippen molar-refractivity contribution in [1.82, 2.24) is 4.98 Å². The summed E-state index contributed by atoms with van der Waals surface area (Å²) in [5, 5.41) is 11.6. The van der Waals surface area contributed by atoms with Crippen molar-refractivity contribution in [2.45, 2.75) is 13.0 Å². The molecule has 0 aliphatic rings. The molecule has 0 fully saturated rings. The summed E-state index contributed by atoms with van der Waals surface area (Å²) in [6.45, 7) is 1.95. The number of fused-ring (bicyclic) bond motifs is 1. The monoisotopic (exact) mass is 329 g/mol. The number of nitrogens with one attached hydrogen (secondary N) is 1. The molecule has 0 unspecified atom stereocenters. The second kappa shape index (κ2) is 6.26. The molecule has 0 bridgehead atoms. The Bertz CT molecular complexity index is 823. The van der Waals surface area contributed by atoms with Crippen molar-refractivity contribution in [3.63, 3.8) is 0 Å². The number of benzene rings is 2. The number of aromatic nitrogens is 1. The summed E-state index contributed by atoms with van der Waals surface area (Å²) >= 11 is 6.08. The first-order chi connectivity index (χ1) is 10.9. The van der Waals surface area contributed by atoms with Gasteiger partial charge in [0.25, 0.3) is 0 Å². The molecule has 3 rings (SSSR count). The lowest BCUT2D eigenvalue weighted by Gasteiger charge is -2.30. The van der Waals surface area contributed by atoms with E-state index in [1.165, 1.54) is 11.1 Å². The first-order valence-electron chi connectivity index (χ1n) is 7.78. The van der Waals surface area contributed by atoms with Crippen molar-refractivity contribution in [3.05, 3.63) is 64.8 Å². The molecule has 4 heteroatoms. The average molecular weight is 330 g/mol. The summed E-state index contributed by atoms with van der Waals surface area (Å²) in [7, 11) is 4.46. The molecular formula is C19H22ClN2O+. The molecule has 1 aromatic heterocycles. The van der Waals surface area contributed by atoms with E-state index in [0.29, 0.717) is 5.75 Å². The Morgan fingerprint density at radius 2 is 1.96 bits per heavy atom. The highest BCUT2D eigenvalue weighted by molar-refractivity contribution is 6.30. The Balaban J connectivity index is 1.71. The van der Waals surface area contributed by atoms with Gasteiger partial charge in [0.1, 0.15) is 12.3 Å². The fourth-order valence-corrected chi connectivity index (χ4v) is 3.22. The molecular weight excluding hydrogens is 308 g/mol. The lowest BCUT2D eigenvalue weighted by molar-refractivity contribution is -0.903. The van der Waals surface area contributed by atoms with Gasteiger partial charge in [0.2, 0.25) is 0 Å². The lowest BCUT2D eigenvalue weighted by atomic mass is 10.1. The summed E-state index contributed by atoms with van der Waals surface area (Å²) in [4.78, 5) is 3.27. The van der Waals surface area contributed by atoms with Gasteiger partial charge < -0.3 is 14.6 Å². The average Bonchev–Trinajstić information content (AvgIpc) is 2.87. The van der Waals surface area contributed by atoms with Crippen LogP contribution in [0.2, 0.25) is 5.02 Å². The zero-order valence-electron chi connectivity index (χ0n) is 13.5. The topological polar surface area (TPSA) is 36.0 Å². The van der Waals surface area contributed by atoms with E-state index in [9.17, 15) is 5.11 Å². The van der Waals surface area contributed by atoms with Gasteiger partial charge in [-0.2, -0.15) is 0 Å². The molecule has 1 heterocycles. The molecule has 0 atom stereocenters. The molecule has 23 heavy (non-hydrogen) atoms. The zero-order chi connectivity index (χ0) is 16.4. The van der Waals surface area contributed by atoms with E-state index in [1.54, 1.807) is 6.07 Å². The minimum Gasteiger partial charge on any atom is -0.508 e. The van der Waals surface area contributed by atoms with Gasteiger partial charge in [-0.15, -0.1) is 0 Å². The zero-order valence-corrected chi connectivity index (χ0v) is 14.3. The molecule has 0 amide bonds. The summed E-state index contributed by atoms with van der Waals surface area (Å²) in [5.74, 6) is 0.311. The number of likely N-dealkylation sites (N-methyl/N-ethyl adjacent to an activating group) is 1. The van der Waals surface area contributed by atoms with Crippen LogP contribution in [0.25, 0.3) is 10.9 Å². The standard InChI is InChI=1S/C19H21ClN2O/c1-22(2,13-14-4-3-5-16(20)10-14)9-8-15-12-21-19-7-6-17(23)11-18(15)19/h3-7,10-12,21H,8-9,13H2,1-2H3/p+1. The molecule has 3 aromatic rings. The molecule has 0 radical (unpaired) electrons. The Labute approximate surface area is 141 Å². The van der Waals surface area contributed by atoms with Crippen LogP contribution in [-0.4, -0.2) is 35.2 Å². The van der Waals surface area contributed by atoms with E-state index in [4.69, 9.17) is 11.6 Å². The van der Waals surface area contributed by atoms with Crippen molar-refractivity contribution in [1.29, 1.82) is 0 Å². The SMILES string of the molecule is C[N+](C)(CCc1c[nH]c2ccc(O)cc12)Cc1cccc(Cl)c1. The predicted molar refractivity (Wildman–Crippen MR) is 95.8 cm³/mol. The van der Waals surface area contributed by atoms with Gasteiger partial charge in [0.05, 0.1) is 20.6 Å². The van der Waals surface area contributed by atoms with E-state index < -0.39 is 0 Å². The van der Waals surface area contributed by atoms with Crippen LogP contribution in [0.15, 0.2) is 48.7 Å². The highest BCUT2D eigenvalue weighted by Crippen LogP contribution is 2.24. The van der Waals surface area contributed by atoms with E-state index in [-0.39, 0.29) is 0 Å². The normalized spacial score (nSPS) is 12.0. The molecule has 2 aromatic carbocycles. The number of quaternary nitrogens is 1.